The molecule has 0 N–H and O–H groups in total. The Balaban J connectivity index is 0.000000357. The minimum Gasteiger partial charge on any atom is -0.0919 e. The number of aryl methyl sites for hydroxylation is 1. The van der Waals surface area contributed by atoms with Crippen LogP contribution in [-0.2, 0) is 6.42 Å². The second-order valence-electron chi connectivity index (χ2n) is 4.09. The molecule has 0 aliphatic carbocycles. The lowest BCUT2D eigenvalue weighted by Crippen LogP contribution is -1.81. The van der Waals surface area contributed by atoms with Crippen molar-refractivity contribution in [1.29, 1.82) is 0 Å². The SMILES string of the molecule is C/C=C\C.CCc1cccc(-c2ccccc2)c1. The van der Waals surface area contributed by atoms with Gasteiger partial charge >= 0.3 is 0 Å². The van der Waals surface area contributed by atoms with E-state index in [0.717, 1.165) is 6.42 Å². The van der Waals surface area contributed by atoms with Crippen LogP contribution in [0, 0.1) is 0 Å². The van der Waals surface area contributed by atoms with E-state index in [-0.39, 0.29) is 0 Å². The topological polar surface area (TPSA) is 0 Å². The standard InChI is InChI=1S/C14H14.C4H8/c1-2-12-7-6-10-14(11-12)13-8-4-3-5-9-13;1-3-4-2/h3-11H,2H2,1H3;3-4H,1-2H3/b;4-3-. The summed E-state index contributed by atoms with van der Waals surface area (Å²) in [4.78, 5) is 0. The minimum absolute atomic E-state index is 1.10. The molecule has 0 nitrogen and oxygen atoms in total. The fraction of sp³-hybridized carbons (Fsp3) is 0.222. The van der Waals surface area contributed by atoms with E-state index in [1.807, 2.05) is 32.1 Å². The van der Waals surface area contributed by atoms with Crippen molar-refractivity contribution in [2.24, 2.45) is 0 Å². The van der Waals surface area contributed by atoms with Crippen molar-refractivity contribution in [3.8, 4) is 11.1 Å². The molecule has 0 saturated heterocycles. The highest BCUT2D eigenvalue weighted by Crippen LogP contribution is 2.19. The number of benzene rings is 2. The zero-order valence-corrected chi connectivity index (χ0v) is 11.6. The van der Waals surface area contributed by atoms with Gasteiger partial charge in [0.25, 0.3) is 0 Å². The lowest BCUT2D eigenvalue weighted by atomic mass is 10.0. The van der Waals surface area contributed by atoms with E-state index in [2.05, 4.69) is 55.5 Å². The maximum atomic E-state index is 2.26. The van der Waals surface area contributed by atoms with Gasteiger partial charge in [-0.3, -0.25) is 0 Å². The molecule has 0 bridgehead atoms. The van der Waals surface area contributed by atoms with Crippen LogP contribution in [0.2, 0.25) is 0 Å². The summed E-state index contributed by atoms with van der Waals surface area (Å²) in [6, 6.07) is 19.2. The van der Waals surface area contributed by atoms with E-state index in [1.165, 1.54) is 16.7 Å². The van der Waals surface area contributed by atoms with Crippen molar-refractivity contribution in [3.63, 3.8) is 0 Å². The van der Waals surface area contributed by atoms with E-state index in [1.54, 1.807) is 0 Å². The van der Waals surface area contributed by atoms with Crippen LogP contribution in [0.3, 0.4) is 0 Å². The molecule has 0 unspecified atom stereocenters. The predicted molar refractivity (Wildman–Crippen MR) is 81.7 cm³/mol. The van der Waals surface area contributed by atoms with E-state index < -0.39 is 0 Å². The molecule has 0 aliphatic rings. The summed E-state index contributed by atoms with van der Waals surface area (Å²) in [5.74, 6) is 0. The van der Waals surface area contributed by atoms with Gasteiger partial charge in [0.1, 0.15) is 0 Å². The third-order valence-electron chi connectivity index (χ3n) is 2.78. The molecule has 0 amide bonds. The molecule has 0 atom stereocenters. The average Bonchev–Trinajstić information content (AvgIpc) is 2.48. The van der Waals surface area contributed by atoms with Gasteiger partial charge in [-0.25, -0.2) is 0 Å². The van der Waals surface area contributed by atoms with Gasteiger partial charge in [0.2, 0.25) is 0 Å². The molecular weight excluding hydrogens is 216 g/mol. The Labute approximate surface area is 111 Å². The lowest BCUT2D eigenvalue weighted by molar-refractivity contribution is 1.14. The highest BCUT2D eigenvalue weighted by molar-refractivity contribution is 5.63. The fourth-order valence-electron chi connectivity index (χ4n) is 1.60. The Bertz CT molecular complexity index is 462. The number of hydrogen-bond donors (Lipinski definition) is 0. The Morgan fingerprint density at radius 2 is 1.39 bits per heavy atom. The van der Waals surface area contributed by atoms with E-state index in [0.29, 0.717) is 0 Å². The molecule has 94 valence electrons. The Morgan fingerprint density at radius 3 is 1.94 bits per heavy atom. The van der Waals surface area contributed by atoms with Gasteiger partial charge in [-0.05, 0) is 37.0 Å². The normalized spacial score (nSPS) is 9.94. The average molecular weight is 238 g/mol. The quantitative estimate of drug-likeness (QED) is 0.606. The van der Waals surface area contributed by atoms with Crippen molar-refractivity contribution >= 4 is 0 Å². The Morgan fingerprint density at radius 1 is 0.778 bits per heavy atom. The molecule has 2 aromatic rings. The summed E-state index contributed by atoms with van der Waals surface area (Å²) in [7, 11) is 0. The molecule has 0 saturated carbocycles. The zero-order chi connectivity index (χ0) is 13.2. The second-order valence-corrected chi connectivity index (χ2v) is 4.09. The van der Waals surface area contributed by atoms with Crippen LogP contribution in [0.5, 0.6) is 0 Å². The van der Waals surface area contributed by atoms with Gasteiger partial charge in [0, 0.05) is 0 Å². The van der Waals surface area contributed by atoms with Crippen molar-refractivity contribution < 1.29 is 0 Å². The van der Waals surface area contributed by atoms with Crippen LogP contribution in [0.25, 0.3) is 11.1 Å². The fourth-order valence-corrected chi connectivity index (χ4v) is 1.60. The summed E-state index contributed by atoms with van der Waals surface area (Å²) in [5, 5.41) is 0. The van der Waals surface area contributed by atoms with Crippen LogP contribution in [-0.4, -0.2) is 0 Å². The molecule has 2 rings (SSSR count). The molecule has 0 aromatic heterocycles. The first-order chi connectivity index (χ1) is 8.81. The zero-order valence-electron chi connectivity index (χ0n) is 11.6. The van der Waals surface area contributed by atoms with E-state index in [4.69, 9.17) is 0 Å². The summed E-state index contributed by atoms with van der Waals surface area (Å²) in [6.45, 7) is 6.18. The maximum absolute atomic E-state index is 2.26. The van der Waals surface area contributed by atoms with Gasteiger partial charge in [0.15, 0.2) is 0 Å². The molecule has 0 spiro atoms. The Hall–Kier alpha value is -1.82. The van der Waals surface area contributed by atoms with Crippen molar-refractivity contribution in [2.75, 3.05) is 0 Å². The van der Waals surface area contributed by atoms with Crippen molar-refractivity contribution in [1.82, 2.24) is 0 Å². The van der Waals surface area contributed by atoms with Gasteiger partial charge in [0.05, 0.1) is 0 Å². The maximum Gasteiger partial charge on any atom is -0.0181 e. The van der Waals surface area contributed by atoms with Crippen LogP contribution >= 0.6 is 0 Å². The van der Waals surface area contributed by atoms with Crippen molar-refractivity contribution in [3.05, 3.63) is 72.3 Å². The number of hydrogen-bond acceptors (Lipinski definition) is 0. The molecule has 18 heavy (non-hydrogen) atoms. The first kappa shape index (κ1) is 14.2. The highest BCUT2D eigenvalue weighted by atomic mass is 14.0. The summed E-state index contributed by atoms with van der Waals surface area (Å²) in [6.07, 6.45) is 5.10. The Kier molecular flexibility index (Phi) is 6.56. The van der Waals surface area contributed by atoms with Crippen LogP contribution in [0.1, 0.15) is 26.3 Å². The first-order valence-electron chi connectivity index (χ1n) is 6.53. The van der Waals surface area contributed by atoms with Gasteiger partial charge in [-0.1, -0.05) is 73.7 Å². The third-order valence-corrected chi connectivity index (χ3v) is 2.78. The molecule has 2 aromatic carbocycles. The highest BCUT2D eigenvalue weighted by Gasteiger charge is 1.96. The monoisotopic (exact) mass is 238 g/mol. The number of rotatable bonds is 2. The lowest BCUT2D eigenvalue weighted by Gasteiger charge is -2.03. The molecule has 0 heterocycles. The van der Waals surface area contributed by atoms with Gasteiger partial charge in [-0.2, -0.15) is 0 Å². The van der Waals surface area contributed by atoms with E-state index >= 15 is 0 Å². The van der Waals surface area contributed by atoms with Crippen LogP contribution in [0.15, 0.2) is 66.7 Å². The number of allylic oxidation sites excluding steroid dienone is 2. The summed E-state index contributed by atoms with van der Waals surface area (Å²) < 4.78 is 0. The molecule has 0 radical (unpaired) electrons. The first-order valence-corrected chi connectivity index (χ1v) is 6.53. The molecule has 0 fully saturated rings. The van der Waals surface area contributed by atoms with Crippen LogP contribution in [0.4, 0.5) is 0 Å². The molecule has 0 heteroatoms. The summed E-state index contributed by atoms with van der Waals surface area (Å²) >= 11 is 0. The second kappa shape index (κ2) is 8.30. The third kappa shape index (κ3) is 4.58. The largest absolute Gasteiger partial charge is 0.0919 e. The van der Waals surface area contributed by atoms with Gasteiger partial charge < -0.3 is 0 Å². The smallest absolute Gasteiger partial charge is 0.0181 e. The summed E-state index contributed by atoms with van der Waals surface area (Å²) in [5.41, 5.74) is 4.00. The molecule has 0 aliphatic heterocycles. The molecular formula is C18H22. The minimum atomic E-state index is 1.10. The van der Waals surface area contributed by atoms with Crippen molar-refractivity contribution in [2.45, 2.75) is 27.2 Å². The van der Waals surface area contributed by atoms with E-state index in [9.17, 15) is 0 Å². The van der Waals surface area contributed by atoms with Gasteiger partial charge in [-0.15, -0.1) is 0 Å². The predicted octanol–water partition coefficient (Wildman–Crippen LogP) is 5.50. The van der Waals surface area contributed by atoms with Crippen LogP contribution < -0.4 is 0 Å².